The summed E-state index contributed by atoms with van der Waals surface area (Å²) in [7, 11) is 0. The summed E-state index contributed by atoms with van der Waals surface area (Å²) >= 11 is 0. The van der Waals surface area contributed by atoms with Gasteiger partial charge in [-0.2, -0.15) is 0 Å². The van der Waals surface area contributed by atoms with E-state index in [0.29, 0.717) is 25.9 Å². The van der Waals surface area contributed by atoms with Gasteiger partial charge in [0.2, 0.25) is 5.91 Å². The molecule has 0 spiro atoms. The lowest BCUT2D eigenvalue weighted by molar-refractivity contribution is -0.133. The Morgan fingerprint density at radius 3 is 2.44 bits per heavy atom. The molecule has 1 atom stereocenters. The van der Waals surface area contributed by atoms with E-state index in [1.54, 1.807) is 37.8 Å². The fourth-order valence-corrected chi connectivity index (χ4v) is 3.27. The Morgan fingerprint density at radius 1 is 1.24 bits per heavy atom. The first-order chi connectivity index (χ1) is 11.7. The zero-order valence-corrected chi connectivity index (χ0v) is 15.0. The highest BCUT2D eigenvalue weighted by molar-refractivity contribution is 5.93. The molecule has 1 heterocycles. The van der Waals surface area contributed by atoms with Crippen molar-refractivity contribution in [2.24, 2.45) is 0 Å². The highest BCUT2D eigenvalue weighted by Crippen LogP contribution is 2.39. The van der Waals surface area contributed by atoms with Gasteiger partial charge in [-0.25, -0.2) is 9.18 Å². The summed E-state index contributed by atoms with van der Waals surface area (Å²) in [6.45, 7) is 6.63. The van der Waals surface area contributed by atoms with Crippen LogP contribution < -0.4 is 5.32 Å². The molecule has 0 bridgehead atoms. The zero-order valence-electron chi connectivity index (χ0n) is 15.0. The second-order valence-electron chi connectivity index (χ2n) is 8.00. The molecular formula is C19H25FN2O3. The number of rotatable bonds is 3. The predicted molar refractivity (Wildman–Crippen MR) is 91.7 cm³/mol. The number of halogens is 1. The van der Waals surface area contributed by atoms with Gasteiger partial charge >= 0.3 is 6.09 Å². The maximum atomic E-state index is 13.1. The summed E-state index contributed by atoms with van der Waals surface area (Å²) in [5, 5.41) is 2.76. The first-order valence-electron chi connectivity index (χ1n) is 8.75. The van der Waals surface area contributed by atoms with Crippen molar-refractivity contribution in [1.29, 1.82) is 0 Å². The lowest BCUT2D eigenvalue weighted by atomic mass is 9.98. The number of alkyl carbamates (subject to hydrolysis) is 1. The molecule has 2 amide bonds. The molecule has 1 aromatic carbocycles. The summed E-state index contributed by atoms with van der Waals surface area (Å²) in [4.78, 5) is 26.7. The molecule has 1 aliphatic heterocycles. The third kappa shape index (κ3) is 4.11. The van der Waals surface area contributed by atoms with Crippen molar-refractivity contribution < 1.29 is 18.7 Å². The normalized spacial score (nSPS) is 21.8. The lowest BCUT2D eigenvalue weighted by Gasteiger charge is -2.26. The van der Waals surface area contributed by atoms with Crippen molar-refractivity contribution in [2.45, 2.75) is 57.1 Å². The fourth-order valence-electron chi connectivity index (χ4n) is 3.27. The molecule has 2 fully saturated rings. The molecule has 2 aliphatic rings. The summed E-state index contributed by atoms with van der Waals surface area (Å²) in [5.41, 5.74) is -0.355. The maximum absolute atomic E-state index is 13.1. The van der Waals surface area contributed by atoms with E-state index >= 15 is 0 Å². The first-order valence-corrected chi connectivity index (χ1v) is 8.75. The van der Waals surface area contributed by atoms with Crippen LogP contribution in [0, 0.1) is 5.82 Å². The predicted octanol–water partition coefficient (Wildman–Crippen LogP) is 3.20. The van der Waals surface area contributed by atoms with E-state index in [4.69, 9.17) is 4.74 Å². The van der Waals surface area contributed by atoms with Gasteiger partial charge in [0, 0.05) is 19.0 Å². The fraction of sp³-hybridized carbons (Fsp3) is 0.579. The monoisotopic (exact) mass is 348 g/mol. The van der Waals surface area contributed by atoms with Gasteiger partial charge in [0.1, 0.15) is 17.0 Å². The number of ether oxygens (including phenoxy) is 1. The number of nitrogens with zero attached hydrogens (tertiary/aromatic N) is 1. The van der Waals surface area contributed by atoms with Gasteiger partial charge < -0.3 is 15.0 Å². The van der Waals surface area contributed by atoms with Crippen LogP contribution in [0.3, 0.4) is 0 Å². The van der Waals surface area contributed by atoms with Crippen LogP contribution in [-0.4, -0.2) is 41.1 Å². The van der Waals surface area contributed by atoms with Gasteiger partial charge in [-0.05, 0) is 57.7 Å². The topological polar surface area (TPSA) is 58.6 Å². The van der Waals surface area contributed by atoms with Gasteiger partial charge in [0.25, 0.3) is 0 Å². The van der Waals surface area contributed by atoms with Crippen LogP contribution in [0.5, 0.6) is 0 Å². The number of nitrogens with one attached hydrogen (secondary N) is 1. The Labute approximate surface area is 147 Å². The van der Waals surface area contributed by atoms with Crippen LogP contribution in [0.1, 0.15) is 51.5 Å². The molecule has 1 aliphatic carbocycles. The van der Waals surface area contributed by atoms with E-state index in [1.807, 2.05) is 0 Å². The highest BCUT2D eigenvalue weighted by atomic mass is 19.1. The van der Waals surface area contributed by atoms with Crippen molar-refractivity contribution in [3.63, 3.8) is 0 Å². The Kier molecular flexibility index (Phi) is 4.47. The third-order valence-electron chi connectivity index (χ3n) is 4.72. The largest absolute Gasteiger partial charge is 0.444 e. The minimum Gasteiger partial charge on any atom is -0.444 e. The number of carbonyl (C=O) groups is 2. The minimum absolute atomic E-state index is 0.0389. The molecule has 1 saturated heterocycles. The summed E-state index contributed by atoms with van der Waals surface area (Å²) in [5.74, 6) is -0.0852. The SMILES string of the molecule is CC(C)(C)OC(=O)NC1(C(=O)N2CC[C@H](c3ccc(F)cc3)C2)CC1. The van der Waals surface area contributed by atoms with Gasteiger partial charge in [-0.3, -0.25) is 4.79 Å². The van der Waals surface area contributed by atoms with Gasteiger partial charge in [0.15, 0.2) is 0 Å². The van der Waals surface area contributed by atoms with E-state index in [9.17, 15) is 14.0 Å². The van der Waals surface area contributed by atoms with Crippen LogP contribution in [0.2, 0.25) is 0 Å². The second-order valence-corrected chi connectivity index (χ2v) is 8.00. The van der Waals surface area contributed by atoms with Crippen LogP contribution >= 0.6 is 0 Å². The van der Waals surface area contributed by atoms with Crippen molar-refractivity contribution in [2.75, 3.05) is 13.1 Å². The smallest absolute Gasteiger partial charge is 0.408 e. The van der Waals surface area contributed by atoms with E-state index < -0.39 is 17.2 Å². The number of hydrogen-bond donors (Lipinski definition) is 1. The second kappa shape index (κ2) is 6.32. The van der Waals surface area contributed by atoms with Gasteiger partial charge in [-0.1, -0.05) is 12.1 Å². The number of hydrogen-bond acceptors (Lipinski definition) is 3. The maximum Gasteiger partial charge on any atom is 0.408 e. The molecule has 0 radical (unpaired) electrons. The average Bonchev–Trinajstić information content (AvgIpc) is 3.11. The number of likely N-dealkylation sites (tertiary alicyclic amines) is 1. The molecule has 0 aromatic heterocycles. The molecule has 0 unspecified atom stereocenters. The molecule has 3 rings (SSSR count). The van der Waals surface area contributed by atoms with Crippen LogP contribution in [0.15, 0.2) is 24.3 Å². The third-order valence-corrected chi connectivity index (χ3v) is 4.72. The van der Waals surface area contributed by atoms with E-state index in [0.717, 1.165) is 12.0 Å². The zero-order chi connectivity index (χ0) is 18.2. The van der Waals surface area contributed by atoms with Crippen molar-refractivity contribution >= 4 is 12.0 Å². The van der Waals surface area contributed by atoms with Crippen molar-refractivity contribution in [1.82, 2.24) is 10.2 Å². The molecule has 1 saturated carbocycles. The Morgan fingerprint density at radius 2 is 1.88 bits per heavy atom. The molecule has 5 nitrogen and oxygen atoms in total. The minimum atomic E-state index is -0.806. The number of benzene rings is 1. The summed E-state index contributed by atoms with van der Waals surface area (Å²) in [6, 6.07) is 6.46. The van der Waals surface area contributed by atoms with E-state index in [1.165, 1.54) is 12.1 Å². The first kappa shape index (κ1) is 17.7. The molecule has 6 heteroatoms. The standard InChI is InChI=1S/C19H25FN2O3/c1-18(2,3)25-17(24)21-19(9-10-19)16(23)22-11-8-14(12-22)13-4-6-15(20)7-5-13/h4-7,14H,8-12H2,1-3H3,(H,21,24)/t14-/m0/s1. The number of amides is 2. The molecule has 1 aromatic rings. The summed E-state index contributed by atoms with van der Waals surface area (Å²) in [6.07, 6.45) is 1.58. The Hall–Kier alpha value is -2.11. The molecular weight excluding hydrogens is 323 g/mol. The number of carbonyl (C=O) groups excluding carboxylic acids is 2. The van der Waals surface area contributed by atoms with Crippen LogP contribution in [-0.2, 0) is 9.53 Å². The molecule has 1 N–H and O–H groups in total. The van der Waals surface area contributed by atoms with Gasteiger partial charge in [-0.15, -0.1) is 0 Å². The Bertz CT molecular complexity index is 662. The average molecular weight is 348 g/mol. The molecule has 25 heavy (non-hydrogen) atoms. The van der Waals surface area contributed by atoms with Crippen LogP contribution in [0.4, 0.5) is 9.18 Å². The highest BCUT2D eigenvalue weighted by Gasteiger charge is 2.54. The molecule has 136 valence electrons. The Balaban J connectivity index is 1.60. The van der Waals surface area contributed by atoms with Crippen LogP contribution in [0.25, 0.3) is 0 Å². The summed E-state index contributed by atoms with van der Waals surface area (Å²) < 4.78 is 18.3. The van der Waals surface area contributed by atoms with Crippen molar-refractivity contribution in [3.05, 3.63) is 35.6 Å². The van der Waals surface area contributed by atoms with Crippen molar-refractivity contribution in [3.8, 4) is 0 Å². The van der Waals surface area contributed by atoms with E-state index in [-0.39, 0.29) is 17.6 Å². The lowest BCUT2D eigenvalue weighted by Crippen LogP contribution is -2.51. The van der Waals surface area contributed by atoms with E-state index in [2.05, 4.69) is 5.32 Å². The quantitative estimate of drug-likeness (QED) is 0.913. The van der Waals surface area contributed by atoms with Gasteiger partial charge in [0.05, 0.1) is 0 Å².